The minimum Gasteiger partial charge on any atom is -0.376 e. The second kappa shape index (κ2) is 8.35. The van der Waals surface area contributed by atoms with E-state index in [1.54, 1.807) is 6.08 Å². The minimum atomic E-state index is -0.0453. The van der Waals surface area contributed by atoms with Gasteiger partial charge in [-0.15, -0.1) is 6.58 Å². The van der Waals surface area contributed by atoms with E-state index in [0.29, 0.717) is 19.8 Å². The Morgan fingerprint density at radius 3 is 2.82 bits per heavy atom. The molecule has 0 heterocycles. The van der Waals surface area contributed by atoms with Gasteiger partial charge in [0.1, 0.15) is 0 Å². The predicted octanol–water partition coefficient (Wildman–Crippen LogP) is 1.42. The van der Waals surface area contributed by atoms with Crippen LogP contribution in [0.3, 0.4) is 0 Å². The van der Waals surface area contributed by atoms with Crippen LogP contribution in [0.2, 0.25) is 0 Å². The van der Waals surface area contributed by atoms with Crippen molar-refractivity contribution in [3.63, 3.8) is 0 Å². The molecular weight excluding hydrogens is 216 g/mol. The topological polar surface area (TPSA) is 50.4 Å². The van der Waals surface area contributed by atoms with Crippen molar-refractivity contribution >= 4 is 11.6 Å². The molecule has 0 unspecified atom stereocenters. The number of carbonyl (C=O) groups excluding carboxylic acids is 1. The first-order valence-electron chi connectivity index (χ1n) is 5.57. The van der Waals surface area contributed by atoms with Crippen LogP contribution in [-0.4, -0.2) is 32.2 Å². The summed E-state index contributed by atoms with van der Waals surface area (Å²) in [5.41, 5.74) is 0.936. The molecule has 0 aromatic heterocycles. The number of hydrogen-bond acceptors (Lipinski definition) is 3. The molecule has 0 fully saturated rings. The first-order valence-corrected chi connectivity index (χ1v) is 5.57. The molecule has 1 aromatic carbocycles. The van der Waals surface area contributed by atoms with Crippen LogP contribution in [0.5, 0.6) is 0 Å². The Kier molecular flexibility index (Phi) is 6.51. The van der Waals surface area contributed by atoms with Crippen molar-refractivity contribution in [2.45, 2.75) is 0 Å². The molecule has 92 valence electrons. The van der Waals surface area contributed by atoms with Gasteiger partial charge in [-0.05, 0) is 12.1 Å². The Balaban J connectivity index is 2.07. The molecule has 0 aliphatic carbocycles. The molecule has 0 aliphatic heterocycles. The normalized spacial score (nSPS) is 9.65. The Bertz CT molecular complexity index is 339. The summed E-state index contributed by atoms with van der Waals surface area (Å²) in [5.74, 6) is -0.0453. The molecule has 0 saturated carbocycles. The summed E-state index contributed by atoms with van der Waals surface area (Å²) in [5, 5.41) is 5.78. The number of benzene rings is 1. The van der Waals surface area contributed by atoms with Gasteiger partial charge in [0.05, 0.1) is 19.8 Å². The van der Waals surface area contributed by atoms with Gasteiger partial charge >= 0.3 is 0 Å². The van der Waals surface area contributed by atoms with E-state index in [2.05, 4.69) is 17.2 Å². The summed E-state index contributed by atoms with van der Waals surface area (Å²) in [4.78, 5) is 11.4. The monoisotopic (exact) mass is 234 g/mol. The lowest BCUT2D eigenvalue weighted by atomic mass is 10.3. The Labute approximate surface area is 102 Å². The van der Waals surface area contributed by atoms with Gasteiger partial charge in [-0.3, -0.25) is 4.79 Å². The zero-order valence-corrected chi connectivity index (χ0v) is 9.82. The smallest absolute Gasteiger partial charge is 0.239 e. The summed E-state index contributed by atoms with van der Waals surface area (Å²) >= 11 is 0. The Hall–Kier alpha value is -1.81. The molecule has 1 amide bonds. The predicted molar refractivity (Wildman–Crippen MR) is 69.0 cm³/mol. The van der Waals surface area contributed by atoms with E-state index < -0.39 is 0 Å². The SMILES string of the molecule is C=CCOCCNC(=O)CNc1ccccc1. The van der Waals surface area contributed by atoms with Crippen LogP contribution < -0.4 is 10.6 Å². The maximum atomic E-state index is 11.4. The average Bonchev–Trinajstić information content (AvgIpc) is 2.37. The summed E-state index contributed by atoms with van der Waals surface area (Å²) in [7, 11) is 0. The number of para-hydroxylation sites is 1. The summed E-state index contributed by atoms with van der Waals surface area (Å²) < 4.78 is 5.14. The van der Waals surface area contributed by atoms with Crippen LogP contribution in [0.25, 0.3) is 0 Å². The molecule has 0 aliphatic rings. The standard InChI is InChI=1S/C13H18N2O2/c1-2-9-17-10-8-14-13(16)11-15-12-6-4-3-5-7-12/h2-7,15H,1,8-11H2,(H,14,16). The van der Waals surface area contributed by atoms with Crippen molar-refractivity contribution in [3.05, 3.63) is 43.0 Å². The highest BCUT2D eigenvalue weighted by molar-refractivity contribution is 5.80. The van der Waals surface area contributed by atoms with Crippen LogP contribution in [0, 0.1) is 0 Å². The molecule has 0 radical (unpaired) electrons. The van der Waals surface area contributed by atoms with Gasteiger partial charge in [0.15, 0.2) is 0 Å². The fourth-order valence-electron chi connectivity index (χ4n) is 1.23. The van der Waals surface area contributed by atoms with Gasteiger partial charge < -0.3 is 15.4 Å². The number of hydrogen-bond donors (Lipinski definition) is 2. The number of anilines is 1. The van der Waals surface area contributed by atoms with E-state index in [1.807, 2.05) is 30.3 Å². The quantitative estimate of drug-likeness (QED) is 0.528. The molecule has 4 heteroatoms. The molecular formula is C13H18N2O2. The summed E-state index contributed by atoms with van der Waals surface area (Å²) in [6.45, 7) is 5.34. The summed E-state index contributed by atoms with van der Waals surface area (Å²) in [6.07, 6.45) is 1.68. The number of carbonyl (C=O) groups is 1. The van der Waals surface area contributed by atoms with Gasteiger partial charge in [0, 0.05) is 12.2 Å². The Morgan fingerprint density at radius 2 is 2.12 bits per heavy atom. The highest BCUT2D eigenvalue weighted by atomic mass is 16.5. The molecule has 0 bridgehead atoms. The van der Waals surface area contributed by atoms with E-state index in [9.17, 15) is 4.79 Å². The third-order valence-electron chi connectivity index (χ3n) is 2.03. The largest absolute Gasteiger partial charge is 0.376 e. The van der Waals surface area contributed by atoms with E-state index in [0.717, 1.165) is 5.69 Å². The van der Waals surface area contributed by atoms with Crippen molar-refractivity contribution in [2.75, 3.05) is 31.6 Å². The van der Waals surface area contributed by atoms with E-state index in [1.165, 1.54) is 0 Å². The molecule has 2 N–H and O–H groups in total. The molecule has 1 aromatic rings. The maximum Gasteiger partial charge on any atom is 0.239 e. The number of nitrogens with one attached hydrogen (secondary N) is 2. The van der Waals surface area contributed by atoms with Crippen molar-refractivity contribution in [1.29, 1.82) is 0 Å². The molecule has 0 atom stereocenters. The van der Waals surface area contributed by atoms with Crippen LogP contribution in [0.1, 0.15) is 0 Å². The molecule has 1 rings (SSSR count). The third-order valence-corrected chi connectivity index (χ3v) is 2.03. The molecule has 0 saturated heterocycles. The third kappa shape index (κ3) is 6.37. The first-order chi connectivity index (χ1) is 8.33. The van der Waals surface area contributed by atoms with Crippen LogP contribution in [0.4, 0.5) is 5.69 Å². The zero-order chi connectivity index (χ0) is 12.3. The van der Waals surface area contributed by atoms with Crippen LogP contribution in [0.15, 0.2) is 43.0 Å². The molecule has 0 spiro atoms. The van der Waals surface area contributed by atoms with Gasteiger partial charge in [0.25, 0.3) is 0 Å². The summed E-state index contributed by atoms with van der Waals surface area (Å²) in [6, 6.07) is 9.61. The lowest BCUT2D eigenvalue weighted by Gasteiger charge is -2.07. The highest BCUT2D eigenvalue weighted by Crippen LogP contribution is 2.03. The van der Waals surface area contributed by atoms with E-state index in [4.69, 9.17) is 4.74 Å². The maximum absolute atomic E-state index is 11.4. The van der Waals surface area contributed by atoms with Crippen LogP contribution in [-0.2, 0) is 9.53 Å². The van der Waals surface area contributed by atoms with Crippen molar-refractivity contribution in [1.82, 2.24) is 5.32 Å². The minimum absolute atomic E-state index is 0.0453. The lowest BCUT2D eigenvalue weighted by molar-refractivity contribution is -0.119. The van der Waals surface area contributed by atoms with E-state index >= 15 is 0 Å². The van der Waals surface area contributed by atoms with Gasteiger partial charge in [-0.1, -0.05) is 24.3 Å². The molecule has 4 nitrogen and oxygen atoms in total. The number of rotatable bonds is 8. The van der Waals surface area contributed by atoms with Crippen molar-refractivity contribution in [3.8, 4) is 0 Å². The highest BCUT2D eigenvalue weighted by Gasteiger charge is 1.99. The number of amides is 1. The van der Waals surface area contributed by atoms with Gasteiger partial charge in [-0.2, -0.15) is 0 Å². The second-order valence-corrected chi connectivity index (χ2v) is 3.43. The first kappa shape index (κ1) is 13.3. The van der Waals surface area contributed by atoms with E-state index in [-0.39, 0.29) is 12.5 Å². The average molecular weight is 234 g/mol. The zero-order valence-electron chi connectivity index (χ0n) is 9.82. The van der Waals surface area contributed by atoms with Crippen molar-refractivity contribution < 1.29 is 9.53 Å². The van der Waals surface area contributed by atoms with Crippen LogP contribution >= 0.6 is 0 Å². The van der Waals surface area contributed by atoms with Gasteiger partial charge in [0.2, 0.25) is 5.91 Å². The molecule has 17 heavy (non-hydrogen) atoms. The second-order valence-electron chi connectivity index (χ2n) is 3.43. The Morgan fingerprint density at radius 1 is 1.35 bits per heavy atom. The fraction of sp³-hybridized carbons (Fsp3) is 0.308. The number of ether oxygens (including phenoxy) is 1. The van der Waals surface area contributed by atoms with Gasteiger partial charge in [-0.25, -0.2) is 0 Å². The van der Waals surface area contributed by atoms with Crippen molar-refractivity contribution in [2.24, 2.45) is 0 Å². The lowest BCUT2D eigenvalue weighted by Crippen LogP contribution is -2.32. The fourth-order valence-corrected chi connectivity index (χ4v) is 1.23.